The molecule has 0 spiro atoms. The van der Waals surface area contributed by atoms with Gasteiger partial charge in [-0.05, 0) is 53.9 Å². The Labute approximate surface area is 203 Å². The second-order valence-corrected chi connectivity index (χ2v) is 9.46. The molecular weight excluding hydrogens is 509 g/mol. The van der Waals surface area contributed by atoms with Crippen LogP contribution in [0.2, 0.25) is 0 Å². The molecule has 0 atom stereocenters. The fourth-order valence-corrected chi connectivity index (χ4v) is 3.33. The Balaban J connectivity index is 0.00000480. The first-order chi connectivity index (χ1) is 14.1. The number of nitrogens with zero attached hydrogens (tertiary/aromatic N) is 4. The lowest BCUT2D eigenvalue weighted by atomic mass is 10.1. The van der Waals surface area contributed by atoms with Crippen LogP contribution in [0.15, 0.2) is 4.99 Å². The highest BCUT2D eigenvalue weighted by Gasteiger charge is 2.24. The van der Waals surface area contributed by atoms with Crippen molar-refractivity contribution in [2.45, 2.75) is 90.8 Å². The molecule has 31 heavy (non-hydrogen) atoms. The molecule has 2 heterocycles. The van der Waals surface area contributed by atoms with Crippen molar-refractivity contribution in [1.29, 1.82) is 0 Å². The van der Waals surface area contributed by atoms with Crippen molar-refractivity contribution >= 4 is 36.0 Å². The second kappa shape index (κ2) is 12.4. The maximum Gasteiger partial charge on any atom is 0.408 e. The molecule has 0 aromatic carbocycles. The number of rotatable bonds is 7. The van der Waals surface area contributed by atoms with E-state index >= 15 is 0 Å². The van der Waals surface area contributed by atoms with Gasteiger partial charge in [0.2, 0.25) is 0 Å². The van der Waals surface area contributed by atoms with Crippen molar-refractivity contribution in [2.24, 2.45) is 4.99 Å². The summed E-state index contributed by atoms with van der Waals surface area (Å²) in [6.07, 6.45) is 6.13. The fraction of sp³-hybridized carbons (Fsp3) is 0.810. The number of amides is 1. The first kappa shape index (κ1) is 27.4. The number of halogens is 1. The van der Waals surface area contributed by atoms with Gasteiger partial charge in [0.25, 0.3) is 0 Å². The Hall–Kier alpha value is -1.59. The Morgan fingerprint density at radius 1 is 1.13 bits per heavy atom. The zero-order chi connectivity index (χ0) is 22.2. The minimum atomic E-state index is -0.520. The van der Waals surface area contributed by atoms with Gasteiger partial charge in [0.1, 0.15) is 17.2 Å². The smallest absolute Gasteiger partial charge is 0.408 e. The summed E-state index contributed by atoms with van der Waals surface area (Å²) in [7, 11) is 1.74. The number of carbonyl (C=O) groups excluding carboxylic acids is 1. The molecular formula is C21H40IN7O2. The summed E-state index contributed by atoms with van der Waals surface area (Å²) in [4.78, 5) is 16.3. The van der Waals surface area contributed by atoms with Gasteiger partial charge < -0.3 is 25.3 Å². The van der Waals surface area contributed by atoms with Crippen molar-refractivity contribution in [2.75, 3.05) is 20.1 Å². The third-order valence-electron chi connectivity index (χ3n) is 4.82. The standard InChI is InChI=1S/C21H39N7O2.HI/c1-20(2,3)30-19(29)25-21(4,5)15-24-18(22-6)23-13-10-12-17-27-26-16-11-8-7-9-14-28(16)17;/h7-15H2,1-6H3,(H,25,29)(H2,22,23,24);1H. The highest BCUT2D eigenvalue weighted by atomic mass is 127. The van der Waals surface area contributed by atoms with Crippen LogP contribution in [0.25, 0.3) is 0 Å². The van der Waals surface area contributed by atoms with E-state index in [0.717, 1.165) is 44.0 Å². The molecule has 1 amide bonds. The zero-order valence-corrected chi connectivity index (χ0v) is 22.2. The van der Waals surface area contributed by atoms with Crippen molar-refractivity contribution in [3.8, 4) is 0 Å². The SMILES string of the molecule is CN=C(NCCCc1nnc2n1CCCCC2)NCC(C)(C)NC(=O)OC(C)(C)C.I. The number of hydrogen-bond donors (Lipinski definition) is 3. The van der Waals surface area contributed by atoms with E-state index in [1.165, 1.54) is 19.3 Å². The monoisotopic (exact) mass is 549 g/mol. The summed E-state index contributed by atoms with van der Waals surface area (Å²) in [5, 5.41) is 18.2. The van der Waals surface area contributed by atoms with Crippen LogP contribution < -0.4 is 16.0 Å². The molecule has 3 N–H and O–H groups in total. The van der Waals surface area contributed by atoms with E-state index < -0.39 is 17.2 Å². The highest BCUT2D eigenvalue weighted by molar-refractivity contribution is 14.0. The Kier molecular flexibility index (Phi) is 11.0. The molecule has 1 aromatic rings. The molecule has 9 nitrogen and oxygen atoms in total. The van der Waals surface area contributed by atoms with Crippen LogP contribution in [0.3, 0.4) is 0 Å². The summed E-state index contributed by atoms with van der Waals surface area (Å²) in [6, 6.07) is 0. The molecule has 0 saturated heterocycles. The molecule has 0 radical (unpaired) electrons. The predicted molar refractivity (Wildman–Crippen MR) is 134 cm³/mol. The maximum absolute atomic E-state index is 12.0. The Bertz CT molecular complexity index is 726. The van der Waals surface area contributed by atoms with Crippen LogP contribution in [0.1, 0.15) is 72.0 Å². The minimum absolute atomic E-state index is 0. The van der Waals surface area contributed by atoms with Crippen LogP contribution in [0, 0.1) is 0 Å². The van der Waals surface area contributed by atoms with Gasteiger partial charge in [-0.2, -0.15) is 0 Å². The van der Waals surface area contributed by atoms with Gasteiger partial charge in [0.05, 0.1) is 5.54 Å². The molecule has 2 rings (SSSR count). The fourth-order valence-electron chi connectivity index (χ4n) is 3.33. The van der Waals surface area contributed by atoms with Crippen LogP contribution in [-0.4, -0.2) is 58.1 Å². The van der Waals surface area contributed by atoms with Gasteiger partial charge in [-0.25, -0.2) is 4.79 Å². The van der Waals surface area contributed by atoms with Crippen LogP contribution in [-0.2, 0) is 24.1 Å². The van der Waals surface area contributed by atoms with E-state index in [1.807, 2.05) is 34.6 Å². The van der Waals surface area contributed by atoms with Crippen LogP contribution in [0.4, 0.5) is 4.79 Å². The predicted octanol–water partition coefficient (Wildman–Crippen LogP) is 3.02. The summed E-state index contributed by atoms with van der Waals surface area (Å²) in [5.41, 5.74) is -1.01. The van der Waals surface area contributed by atoms with E-state index in [4.69, 9.17) is 4.74 Å². The minimum Gasteiger partial charge on any atom is -0.444 e. The average molecular weight is 550 g/mol. The molecule has 0 bridgehead atoms. The number of guanidine groups is 1. The van der Waals surface area contributed by atoms with Crippen LogP contribution in [0.5, 0.6) is 0 Å². The topological polar surface area (TPSA) is 105 Å². The first-order valence-corrected chi connectivity index (χ1v) is 11.0. The molecule has 0 fully saturated rings. The molecule has 1 aliphatic heterocycles. The summed E-state index contributed by atoms with van der Waals surface area (Å²) < 4.78 is 7.63. The van der Waals surface area contributed by atoms with E-state index in [2.05, 4.69) is 35.7 Å². The highest BCUT2D eigenvalue weighted by Crippen LogP contribution is 2.15. The van der Waals surface area contributed by atoms with Crippen LogP contribution >= 0.6 is 24.0 Å². The Morgan fingerprint density at radius 3 is 2.55 bits per heavy atom. The number of aromatic nitrogens is 3. The summed E-state index contributed by atoms with van der Waals surface area (Å²) >= 11 is 0. The normalized spacial score (nSPS) is 14.7. The number of alkyl carbamates (subject to hydrolysis) is 1. The van der Waals surface area contributed by atoms with E-state index in [0.29, 0.717) is 12.5 Å². The number of aliphatic imine (C=N–C) groups is 1. The third-order valence-corrected chi connectivity index (χ3v) is 4.82. The van der Waals surface area contributed by atoms with E-state index in [1.54, 1.807) is 7.05 Å². The van der Waals surface area contributed by atoms with Gasteiger partial charge in [0.15, 0.2) is 5.96 Å². The van der Waals surface area contributed by atoms with Crippen molar-refractivity contribution in [3.05, 3.63) is 11.6 Å². The summed E-state index contributed by atoms with van der Waals surface area (Å²) in [6.45, 7) is 11.8. The first-order valence-electron chi connectivity index (χ1n) is 11.0. The second-order valence-electron chi connectivity index (χ2n) is 9.46. The van der Waals surface area contributed by atoms with Gasteiger partial charge in [-0.3, -0.25) is 4.99 Å². The number of fused-ring (bicyclic) bond motifs is 1. The van der Waals surface area contributed by atoms with E-state index in [9.17, 15) is 4.79 Å². The van der Waals surface area contributed by atoms with Crippen molar-refractivity contribution in [1.82, 2.24) is 30.7 Å². The lowest BCUT2D eigenvalue weighted by Gasteiger charge is -2.29. The number of aryl methyl sites for hydroxylation is 2. The average Bonchev–Trinajstić information content (AvgIpc) is 2.85. The zero-order valence-electron chi connectivity index (χ0n) is 19.9. The molecule has 1 aliphatic rings. The number of nitrogens with one attached hydrogen (secondary N) is 3. The van der Waals surface area contributed by atoms with E-state index in [-0.39, 0.29) is 24.0 Å². The quantitative estimate of drug-likeness (QED) is 0.209. The van der Waals surface area contributed by atoms with Gasteiger partial charge in [0, 0.05) is 39.5 Å². The maximum atomic E-state index is 12.0. The Morgan fingerprint density at radius 2 is 1.87 bits per heavy atom. The van der Waals surface area contributed by atoms with Gasteiger partial charge in [-0.15, -0.1) is 34.2 Å². The molecule has 10 heteroatoms. The molecule has 0 saturated carbocycles. The molecule has 0 aliphatic carbocycles. The van der Waals surface area contributed by atoms with Gasteiger partial charge >= 0.3 is 6.09 Å². The molecule has 1 aromatic heterocycles. The molecule has 0 unspecified atom stereocenters. The van der Waals surface area contributed by atoms with Crippen molar-refractivity contribution in [3.63, 3.8) is 0 Å². The number of ether oxygens (including phenoxy) is 1. The number of carbonyl (C=O) groups is 1. The largest absolute Gasteiger partial charge is 0.444 e. The lowest BCUT2D eigenvalue weighted by Crippen LogP contribution is -2.54. The third kappa shape index (κ3) is 10.0. The summed E-state index contributed by atoms with van der Waals surface area (Å²) in [5.74, 6) is 2.92. The van der Waals surface area contributed by atoms with Crippen molar-refractivity contribution < 1.29 is 9.53 Å². The number of hydrogen-bond acceptors (Lipinski definition) is 5. The lowest BCUT2D eigenvalue weighted by molar-refractivity contribution is 0.0474. The van der Waals surface area contributed by atoms with Gasteiger partial charge in [-0.1, -0.05) is 6.42 Å². The molecule has 178 valence electrons.